The van der Waals surface area contributed by atoms with Crippen molar-refractivity contribution in [1.82, 2.24) is 29.9 Å². The van der Waals surface area contributed by atoms with Crippen molar-refractivity contribution in [1.29, 1.82) is 0 Å². The number of aromatic amines is 1. The van der Waals surface area contributed by atoms with Gasteiger partial charge in [0.05, 0.1) is 38.9 Å². The van der Waals surface area contributed by atoms with Gasteiger partial charge in [0.15, 0.2) is 28.2 Å². The lowest BCUT2D eigenvalue weighted by Crippen LogP contribution is -2.15. The van der Waals surface area contributed by atoms with Crippen LogP contribution in [0.25, 0.3) is 43.6 Å². The van der Waals surface area contributed by atoms with Gasteiger partial charge < -0.3 is 19.5 Å². The minimum Gasteiger partial charge on any atom is -0.497 e. The number of para-hydroxylation sites is 2. The van der Waals surface area contributed by atoms with Gasteiger partial charge in [-0.05, 0) is 42.0 Å². The van der Waals surface area contributed by atoms with E-state index in [9.17, 15) is 26.3 Å². The highest BCUT2D eigenvalue weighted by Gasteiger charge is 2.39. The normalized spacial score (nSPS) is 11.9. The standard InChI is InChI=1S/C19H13ClF3N3O.C19H15F3N4O2/c1-27-12-8-6-11(7-9-12)10-26-17(19(21,22)23)15-13-4-2-3-5-14(13)24-18(20)16(15)25-26;1-27-13-8-7-10(9-14(13)28-2)23-18-16-15(17(26-25-16)19(20,21)22)11-5-3-4-6-12(11)24-18/h2-9H,10H2,1H3;3-9H,1-2H3,(H,23,24)(H,25,26). The third-order valence-electron chi connectivity index (χ3n) is 8.63. The molecular formula is C38H28ClF6N7O3. The molecule has 0 aliphatic carbocycles. The van der Waals surface area contributed by atoms with E-state index in [0.717, 1.165) is 4.68 Å². The molecule has 0 spiro atoms. The molecule has 8 rings (SSSR count). The van der Waals surface area contributed by atoms with E-state index in [4.69, 9.17) is 25.8 Å². The molecule has 0 radical (unpaired) electrons. The Morgan fingerprint density at radius 2 is 1.35 bits per heavy atom. The van der Waals surface area contributed by atoms with Crippen LogP contribution in [0.2, 0.25) is 5.15 Å². The van der Waals surface area contributed by atoms with Gasteiger partial charge in [0.25, 0.3) is 0 Å². The monoisotopic (exact) mass is 779 g/mol. The number of nitrogens with one attached hydrogen (secondary N) is 2. The first-order valence-electron chi connectivity index (χ1n) is 16.3. The van der Waals surface area contributed by atoms with Crippen LogP contribution in [0.1, 0.15) is 17.0 Å². The zero-order valence-corrected chi connectivity index (χ0v) is 29.7. The van der Waals surface area contributed by atoms with Crippen molar-refractivity contribution in [2.24, 2.45) is 0 Å². The molecule has 0 saturated carbocycles. The zero-order chi connectivity index (χ0) is 39.1. The van der Waals surface area contributed by atoms with Crippen molar-refractivity contribution in [2.75, 3.05) is 26.6 Å². The van der Waals surface area contributed by atoms with Crippen LogP contribution in [-0.4, -0.2) is 51.3 Å². The van der Waals surface area contributed by atoms with Crippen molar-refractivity contribution >= 4 is 66.7 Å². The number of rotatable bonds is 7. The van der Waals surface area contributed by atoms with Crippen LogP contribution < -0.4 is 19.5 Å². The molecule has 4 aromatic carbocycles. The van der Waals surface area contributed by atoms with Gasteiger partial charge in [0.1, 0.15) is 22.5 Å². The van der Waals surface area contributed by atoms with Crippen LogP contribution in [0.4, 0.5) is 37.8 Å². The number of pyridine rings is 2. The highest BCUT2D eigenvalue weighted by Crippen LogP contribution is 2.41. The fraction of sp³-hybridized carbons (Fsp3) is 0.158. The second-order valence-electron chi connectivity index (χ2n) is 12.0. The largest absolute Gasteiger partial charge is 0.497 e. The van der Waals surface area contributed by atoms with E-state index in [-0.39, 0.29) is 39.3 Å². The number of nitrogens with zero attached hydrogens (tertiary/aromatic N) is 5. The third kappa shape index (κ3) is 7.19. The third-order valence-corrected chi connectivity index (χ3v) is 8.89. The lowest BCUT2D eigenvalue weighted by atomic mass is 10.1. The van der Waals surface area contributed by atoms with Crippen LogP contribution in [0.5, 0.6) is 17.2 Å². The molecule has 0 aliphatic heterocycles. The highest BCUT2D eigenvalue weighted by atomic mass is 35.5. The Morgan fingerprint density at radius 3 is 1.96 bits per heavy atom. The number of fused-ring (bicyclic) bond motifs is 6. The molecule has 0 amide bonds. The predicted octanol–water partition coefficient (Wildman–Crippen LogP) is 10.2. The van der Waals surface area contributed by atoms with E-state index in [0.29, 0.717) is 50.3 Å². The highest BCUT2D eigenvalue weighted by molar-refractivity contribution is 6.35. The first kappa shape index (κ1) is 37.0. The number of methoxy groups -OCH3 is 3. The number of alkyl halides is 6. The van der Waals surface area contributed by atoms with E-state index in [1.54, 1.807) is 91.0 Å². The van der Waals surface area contributed by atoms with Crippen molar-refractivity contribution in [2.45, 2.75) is 18.9 Å². The van der Waals surface area contributed by atoms with Gasteiger partial charge in [-0.1, -0.05) is 60.1 Å². The molecule has 0 unspecified atom stereocenters. The van der Waals surface area contributed by atoms with Gasteiger partial charge in [0.2, 0.25) is 0 Å². The van der Waals surface area contributed by atoms with Gasteiger partial charge in [0, 0.05) is 33.3 Å². The number of hydrogen-bond donors (Lipinski definition) is 2. The molecule has 10 nitrogen and oxygen atoms in total. The molecule has 4 aromatic heterocycles. The Hall–Kier alpha value is -6.29. The molecule has 0 aliphatic rings. The van der Waals surface area contributed by atoms with E-state index < -0.39 is 23.7 Å². The second kappa shape index (κ2) is 14.5. The topological polar surface area (TPSA) is 112 Å². The lowest BCUT2D eigenvalue weighted by molar-refractivity contribution is -0.142. The van der Waals surface area contributed by atoms with Crippen LogP contribution in [0.15, 0.2) is 91.0 Å². The molecule has 55 heavy (non-hydrogen) atoms. The molecule has 8 aromatic rings. The zero-order valence-electron chi connectivity index (χ0n) is 29.0. The maximum absolute atomic E-state index is 13.9. The first-order chi connectivity index (χ1) is 26.3. The first-order valence-corrected chi connectivity index (χ1v) is 16.7. The number of aromatic nitrogens is 6. The number of ether oxygens (including phenoxy) is 3. The number of hydrogen-bond acceptors (Lipinski definition) is 8. The Balaban J connectivity index is 0.000000169. The SMILES string of the molecule is COc1ccc(Cn2nc3c(Cl)nc4ccccc4c3c2C(F)(F)F)cc1.COc1ccc(Nc2nc3ccccc3c3c(C(F)(F)F)[nH]nc23)cc1OC. The predicted molar refractivity (Wildman–Crippen MR) is 196 cm³/mol. The quantitative estimate of drug-likeness (QED) is 0.121. The lowest BCUT2D eigenvalue weighted by Gasteiger charge is -2.12. The summed E-state index contributed by atoms with van der Waals surface area (Å²) >= 11 is 6.14. The average molecular weight is 780 g/mol. The number of benzene rings is 4. The number of anilines is 2. The second-order valence-corrected chi connectivity index (χ2v) is 12.3. The van der Waals surface area contributed by atoms with Crippen LogP contribution in [0, 0.1) is 0 Å². The van der Waals surface area contributed by atoms with E-state index in [1.807, 2.05) is 0 Å². The molecule has 4 heterocycles. The van der Waals surface area contributed by atoms with E-state index >= 15 is 0 Å². The van der Waals surface area contributed by atoms with Crippen molar-refractivity contribution in [3.05, 3.63) is 113 Å². The molecule has 2 N–H and O–H groups in total. The Bertz CT molecular complexity index is 2680. The number of H-pyrrole nitrogens is 1. The Labute approximate surface area is 312 Å². The summed E-state index contributed by atoms with van der Waals surface area (Å²) in [5, 5.41) is 13.8. The maximum atomic E-state index is 13.9. The van der Waals surface area contributed by atoms with Crippen LogP contribution in [-0.2, 0) is 18.9 Å². The number of halogens is 7. The van der Waals surface area contributed by atoms with E-state index in [1.165, 1.54) is 21.3 Å². The summed E-state index contributed by atoms with van der Waals surface area (Å²) in [5.41, 5.74) is 0.428. The Kier molecular flexibility index (Phi) is 9.77. The smallest absolute Gasteiger partial charge is 0.433 e. The molecule has 0 atom stereocenters. The van der Waals surface area contributed by atoms with Gasteiger partial charge in [-0.3, -0.25) is 9.78 Å². The Morgan fingerprint density at radius 1 is 0.709 bits per heavy atom. The fourth-order valence-corrected chi connectivity index (χ4v) is 6.41. The maximum Gasteiger partial charge on any atom is 0.433 e. The van der Waals surface area contributed by atoms with Crippen LogP contribution in [0.3, 0.4) is 0 Å². The van der Waals surface area contributed by atoms with Gasteiger partial charge >= 0.3 is 12.4 Å². The fourth-order valence-electron chi connectivity index (χ4n) is 6.18. The summed E-state index contributed by atoms with van der Waals surface area (Å²) in [4.78, 5) is 8.63. The molecule has 0 fully saturated rings. The van der Waals surface area contributed by atoms with Crippen molar-refractivity contribution < 1.29 is 40.6 Å². The van der Waals surface area contributed by atoms with Gasteiger partial charge in [-0.2, -0.15) is 36.5 Å². The summed E-state index contributed by atoms with van der Waals surface area (Å²) in [6.07, 6.45) is -9.17. The minimum absolute atomic E-state index is 0.0268. The van der Waals surface area contributed by atoms with Crippen LogP contribution >= 0.6 is 11.6 Å². The molecule has 0 bridgehead atoms. The van der Waals surface area contributed by atoms with Crippen molar-refractivity contribution in [3.8, 4) is 17.2 Å². The van der Waals surface area contributed by atoms with Crippen molar-refractivity contribution in [3.63, 3.8) is 0 Å². The molecule has 0 saturated heterocycles. The summed E-state index contributed by atoms with van der Waals surface area (Å²) in [7, 11) is 4.54. The summed E-state index contributed by atoms with van der Waals surface area (Å²) in [5.74, 6) is 1.83. The minimum atomic E-state index is -4.60. The summed E-state index contributed by atoms with van der Waals surface area (Å²) in [6, 6.07) is 25.1. The molecular weight excluding hydrogens is 752 g/mol. The van der Waals surface area contributed by atoms with Gasteiger partial charge in [-0.25, -0.2) is 9.97 Å². The van der Waals surface area contributed by atoms with E-state index in [2.05, 4.69) is 30.6 Å². The molecule has 282 valence electrons. The van der Waals surface area contributed by atoms with Gasteiger partial charge in [-0.15, -0.1) is 0 Å². The molecule has 17 heteroatoms. The summed E-state index contributed by atoms with van der Waals surface area (Å²) in [6.45, 7) is -0.0574. The summed E-state index contributed by atoms with van der Waals surface area (Å²) < 4.78 is 98.8. The average Bonchev–Trinajstić information content (AvgIpc) is 3.80.